The largest absolute Gasteiger partial charge is 0.465 e. The van der Waals surface area contributed by atoms with Gasteiger partial charge in [-0.3, -0.25) is 14.4 Å². The molecule has 29 heavy (non-hydrogen) atoms. The molecule has 0 saturated heterocycles. The Bertz CT molecular complexity index is 579. The van der Waals surface area contributed by atoms with Gasteiger partial charge in [0.25, 0.3) is 6.47 Å². The van der Waals surface area contributed by atoms with Crippen LogP contribution < -0.4 is 0 Å². The summed E-state index contributed by atoms with van der Waals surface area (Å²) in [5, 5.41) is 9.27. The maximum absolute atomic E-state index is 11.4. The van der Waals surface area contributed by atoms with Crippen molar-refractivity contribution in [1.29, 1.82) is 0 Å². The standard InChI is InChI=1S/C14H18O5.C8H16O2/c15-11-18-9-13(16)10-19-14(17)8-4-7-12-5-2-1-3-6-12;1-5-6-7(9)10-8(2,3)4/h1-3,5-6,11,13,16H,4,7-10H2;5-6H2,1-4H3. The fourth-order valence-electron chi connectivity index (χ4n) is 2.14. The van der Waals surface area contributed by atoms with Gasteiger partial charge in [-0.2, -0.15) is 0 Å². The van der Waals surface area contributed by atoms with Crippen LogP contribution in [0, 0.1) is 0 Å². The van der Waals surface area contributed by atoms with Crippen LogP contribution in [0.5, 0.6) is 0 Å². The fraction of sp³-hybridized carbons (Fsp3) is 0.591. The van der Waals surface area contributed by atoms with Crippen LogP contribution >= 0.6 is 0 Å². The van der Waals surface area contributed by atoms with Gasteiger partial charge in [0.15, 0.2) is 0 Å². The zero-order chi connectivity index (χ0) is 22.1. The summed E-state index contributed by atoms with van der Waals surface area (Å²) in [6, 6.07) is 9.87. The molecule has 164 valence electrons. The SMILES string of the molecule is CCCC(=O)OC(C)(C)C.O=COCC(O)COC(=O)CCCc1ccccc1. The van der Waals surface area contributed by atoms with Gasteiger partial charge in [0, 0.05) is 12.8 Å². The van der Waals surface area contributed by atoms with E-state index in [2.05, 4.69) is 4.74 Å². The highest BCUT2D eigenvalue weighted by atomic mass is 16.6. The van der Waals surface area contributed by atoms with Crippen molar-refractivity contribution in [3.05, 3.63) is 35.9 Å². The molecule has 0 heterocycles. The molecule has 1 unspecified atom stereocenters. The summed E-state index contributed by atoms with van der Waals surface area (Å²) < 4.78 is 14.2. The molecule has 0 aliphatic heterocycles. The number of esters is 2. The monoisotopic (exact) mass is 410 g/mol. The number of rotatable bonds is 11. The normalized spacial score (nSPS) is 11.5. The average molecular weight is 411 g/mol. The lowest BCUT2D eigenvalue weighted by Crippen LogP contribution is -2.23. The minimum Gasteiger partial charge on any atom is -0.465 e. The van der Waals surface area contributed by atoms with Gasteiger partial charge in [-0.15, -0.1) is 0 Å². The summed E-state index contributed by atoms with van der Waals surface area (Å²) >= 11 is 0. The van der Waals surface area contributed by atoms with Gasteiger partial charge in [-0.25, -0.2) is 0 Å². The smallest absolute Gasteiger partial charge is 0.306 e. The Morgan fingerprint density at radius 1 is 1.07 bits per heavy atom. The van der Waals surface area contributed by atoms with E-state index in [1.54, 1.807) is 0 Å². The Hall–Kier alpha value is -2.41. The number of benzene rings is 1. The van der Waals surface area contributed by atoms with E-state index in [9.17, 15) is 19.5 Å². The first kappa shape index (κ1) is 26.6. The Labute approximate surface area is 173 Å². The number of aliphatic hydroxyl groups is 1. The van der Waals surface area contributed by atoms with Crippen LogP contribution in [0.3, 0.4) is 0 Å². The molecule has 1 aromatic rings. The summed E-state index contributed by atoms with van der Waals surface area (Å²) in [4.78, 5) is 32.1. The summed E-state index contributed by atoms with van der Waals surface area (Å²) in [5.41, 5.74) is 0.849. The van der Waals surface area contributed by atoms with E-state index in [4.69, 9.17) is 9.47 Å². The van der Waals surface area contributed by atoms with Crippen LogP contribution in [0.1, 0.15) is 58.9 Å². The predicted octanol–water partition coefficient (Wildman–Crippen LogP) is 3.21. The molecule has 0 aliphatic rings. The number of carbonyl (C=O) groups excluding carboxylic acids is 3. The summed E-state index contributed by atoms with van der Waals surface area (Å²) in [7, 11) is 0. The molecule has 0 amide bonds. The molecule has 0 aromatic heterocycles. The molecule has 0 aliphatic carbocycles. The maximum Gasteiger partial charge on any atom is 0.306 e. The Morgan fingerprint density at radius 3 is 2.28 bits per heavy atom. The van der Waals surface area contributed by atoms with Crippen molar-refractivity contribution >= 4 is 18.4 Å². The van der Waals surface area contributed by atoms with Crippen LogP contribution in [0.4, 0.5) is 0 Å². The summed E-state index contributed by atoms with van der Waals surface area (Å²) in [6.45, 7) is 7.51. The maximum atomic E-state index is 11.4. The molecule has 0 radical (unpaired) electrons. The van der Waals surface area contributed by atoms with Crippen LogP contribution in [0.15, 0.2) is 30.3 Å². The topological polar surface area (TPSA) is 99.1 Å². The van der Waals surface area contributed by atoms with Crippen LogP contribution in [-0.2, 0) is 35.0 Å². The van der Waals surface area contributed by atoms with Crippen molar-refractivity contribution < 1.29 is 33.7 Å². The first-order valence-electron chi connectivity index (χ1n) is 9.82. The molecule has 0 spiro atoms. The van der Waals surface area contributed by atoms with E-state index in [-0.39, 0.29) is 37.2 Å². The number of hydrogen-bond acceptors (Lipinski definition) is 7. The second kappa shape index (κ2) is 15.5. The minimum atomic E-state index is -0.969. The van der Waals surface area contributed by atoms with Crippen molar-refractivity contribution in [2.75, 3.05) is 13.2 Å². The van der Waals surface area contributed by atoms with Crippen molar-refractivity contribution in [3.8, 4) is 0 Å². The zero-order valence-electron chi connectivity index (χ0n) is 17.9. The van der Waals surface area contributed by atoms with Crippen LogP contribution in [-0.4, -0.2) is 48.4 Å². The highest BCUT2D eigenvalue weighted by molar-refractivity contribution is 5.69. The molecule has 7 nitrogen and oxygen atoms in total. The Morgan fingerprint density at radius 2 is 1.72 bits per heavy atom. The predicted molar refractivity (Wildman–Crippen MR) is 109 cm³/mol. The van der Waals surface area contributed by atoms with Gasteiger partial charge in [0.2, 0.25) is 0 Å². The van der Waals surface area contributed by atoms with Gasteiger partial charge in [-0.05, 0) is 45.6 Å². The second-order valence-corrected chi connectivity index (χ2v) is 7.44. The Kier molecular flexibility index (Phi) is 14.2. The average Bonchev–Trinajstić information content (AvgIpc) is 2.65. The molecule has 1 N–H and O–H groups in total. The molecule has 7 heteroatoms. The van der Waals surface area contributed by atoms with Gasteiger partial charge in [0.05, 0.1) is 0 Å². The minimum absolute atomic E-state index is 0.102. The quantitative estimate of drug-likeness (QED) is 0.340. The number of aryl methyl sites for hydroxylation is 1. The third kappa shape index (κ3) is 17.4. The molecule has 1 rings (SSSR count). The number of hydrogen-bond donors (Lipinski definition) is 1. The highest BCUT2D eigenvalue weighted by Gasteiger charge is 2.14. The zero-order valence-corrected chi connectivity index (χ0v) is 17.9. The number of carbonyl (C=O) groups is 3. The molecular formula is C22H34O7. The van der Waals surface area contributed by atoms with Crippen molar-refractivity contribution in [2.45, 2.75) is 71.5 Å². The van der Waals surface area contributed by atoms with E-state index in [0.29, 0.717) is 19.3 Å². The van der Waals surface area contributed by atoms with Crippen LogP contribution in [0.2, 0.25) is 0 Å². The third-order valence-electron chi connectivity index (χ3n) is 3.36. The third-order valence-corrected chi connectivity index (χ3v) is 3.36. The molecular weight excluding hydrogens is 376 g/mol. The lowest BCUT2D eigenvalue weighted by Gasteiger charge is -2.18. The van der Waals surface area contributed by atoms with E-state index < -0.39 is 6.10 Å². The van der Waals surface area contributed by atoms with E-state index >= 15 is 0 Å². The van der Waals surface area contributed by atoms with E-state index in [0.717, 1.165) is 12.8 Å². The van der Waals surface area contributed by atoms with Crippen LogP contribution in [0.25, 0.3) is 0 Å². The first-order chi connectivity index (χ1) is 13.7. The van der Waals surface area contributed by atoms with E-state index in [1.165, 1.54) is 5.56 Å². The molecule has 0 fully saturated rings. The summed E-state index contributed by atoms with van der Waals surface area (Å²) in [6.07, 6.45) is 2.22. The molecule has 1 aromatic carbocycles. The van der Waals surface area contributed by atoms with Gasteiger partial charge in [0.1, 0.15) is 24.9 Å². The lowest BCUT2D eigenvalue weighted by molar-refractivity contribution is -0.155. The second-order valence-electron chi connectivity index (χ2n) is 7.44. The summed E-state index contributed by atoms with van der Waals surface area (Å²) in [5.74, 6) is -0.462. The van der Waals surface area contributed by atoms with Crippen molar-refractivity contribution in [3.63, 3.8) is 0 Å². The fourth-order valence-corrected chi connectivity index (χ4v) is 2.14. The number of ether oxygens (including phenoxy) is 3. The molecule has 1 atom stereocenters. The van der Waals surface area contributed by atoms with E-state index in [1.807, 2.05) is 58.0 Å². The van der Waals surface area contributed by atoms with Crippen molar-refractivity contribution in [2.24, 2.45) is 0 Å². The lowest BCUT2D eigenvalue weighted by atomic mass is 10.1. The van der Waals surface area contributed by atoms with Gasteiger partial charge >= 0.3 is 11.9 Å². The van der Waals surface area contributed by atoms with Gasteiger partial charge < -0.3 is 19.3 Å². The first-order valence-corrected chi connectivity index (χ1v) is 9.82. The highest BCUT2D eigenvalue weighted by Crippen LogP contribution is 2.08. The van der Waals surface area contributed by atoms with Crippen molar-refractivity contribution in [1.82, 2.24) is 0 Å². The number of aliphatic hydroxyl groups excluding tert-OH is 1. The molecule has 0 saturated carbocycles. The Balaban J connectivity index is 0.000000665. The van der Waals surface area contributed by atoms with Gasteiger partial charge in [-0.1, -0.05) is 37.3 Å². The molecule has 0 bridgehead atoms.